The molecule has 16 heavy (non-hydrogen) atoms. The van der Waals surface area contributed by atoms with E-state index in [1.807, 2.05) is 0 Å². The van der Waals surface area contributed by atoms with E-state index in [2.05, 4.69) is 0 Å². The summed E-state index contributed by atoms with van der Waals surface area (Å²) in [5.41, 5.74) is 5.76. The third-order valence-corrected chi connectivity index (χ3v) is 5.10. The number of halogens is 3. The molecule has 0 unspecified atom stereocenters. The number of rotatable bonds is 2. The molecule has 8 heteroatoms. The molecule has 0 saturated heterocycles. The van der Waals surface area contributed by atoms with Crippen molar-refractivity contribution in [2.24, 2.45) is 0 Å². The quantitative estimate of drug-likeness (QED) is 0.383. The van der Waals surface area contributed by atoms with Crippen molar-refractivity contribution in [2.45, 2.75) is 0 Å². The highest BCUT2D eigenvalue weighted by molar-refractivity contribution is 14.1. The molecule has 1 rings (SSSR count). The summed E-state index contributed by atoms with van der Waals surface area (Å²) in [5, 5.41) is 18.0. The summed E-state index contributed by atoms with van der Waals surface area (Å²) in [6.45, 7) is 0. The van der Waals surface area contributed by atoms with Gasteiger partial charge in [-0.05, 0) is 67.8 Å². The summed E-state index contributed by atoms with van der Waals surface area (Å²) in [6.07, 6.45) is 0. The van der Waals surface area contributed by atoms with E-state index in [1.54, 1.807) is 67.8 Å². The van der Waals surface area contributed by atoms with E-state index in [9.17, 15) is 9.59 Å². The van der Waals surface area contributed by atoms with Crippen LogP contribution in [0.2, 0.25) is 0 Å². The lowest BCUT2D eigenvalue weighted by molar-refractivity contribution is 0.0694. The second-order valence-corrected chi connectivity index (χ2v) is 5.95. The van der Waals surface area contributed by atoms with Gasteiger partial charge in [-0.2, -0.15) is 0 Å². The van der Waals surface area contributed by atoms with E-state index < -0.39 is 11.9 Å². The number of carboxylic acids is 2. The Morgan fingerprint density at radius 1 is 0.875 bits per heavy atom. The number of hydrogen-bond donors (Lipinski definition) is 3. The average Bonchev–Trinajstić information content (AvgIpc) is 2.13. The van der Waals surface area contributed by atoms with Crippen LogP contribution in [0.3, 0.4) is 0 Å². The van der Waals surface area contributed by atoms with Gasteiger partial charge in [0, 0.05) is 3.57 Å². The van der Waals surface area contributed by atoms with E-state index in [0.29, 0.717) is 7.14 Å². The Bertz CT molecular complexity index is 460. The van der Waals surface area contributed by atoms with E-state index in [1.165, 1.54) is 0 Å². The zero-order valence-corrected chi connectivity index (χ0v) is 13.9. The molecule has 1 aromatic carbocycles. The SMILES string of the molecule is Nc1c(I)c(C(=O)O)c(I)c(C(=O)O)c1I. The highest BCUT2D eigenvalue weighted by Crippen LogP contribution is 2.33. The van der Waals surface area contributed by atoms with Crippen LogP contribution < -0.4 is 5.73 Å². The maximum atomic E-state index is 11.0. The second-order valence-electron chi connectivity index (χ2n) is 2.72. The maximum Gasteiger partial charge on any atom is 0.337 e. The van der Waals surface area contributed by atoms with E-state index in [0.717, 1.165) is 0 Å². The van der Waals surface area contributed by atoms with Gasteiger partial charge in [0.2, 0.25) is 0 Å². The minimum Gasteiger partial charge on any atom is -0.478 e. The number of nitrogens with two attached hydrogens (primary N) is 1. The van der Waals surface area contributed by atoms with E-state index >= 15 is 0 Å². The number of benzene rings is 1. The molecule has 0 fully saturated rings. The zero-order chi connectivity index (χ0) is 12.6. The van der Waals surface area contributed by atoms with Gasteiger partial charge in [-0.15, -0.1) is 0 Å². The highest BCUT2D eigenvalue weighted by atomic mass is 127. The summed E-state index contributed by atoms with van der Waals surface area (Å²) in [7, 11) is 0. The standard InChI is InChI=1S/C8H4I3NO4/c9-3-1(7(13)14)4(10)6(12)5(11)2(3)8(15)16/h12H2,(H,13,14)(H,15,16). The van der Waals surface area contributed by atoms with Crippen LogP contribution in [0.15, 0.2) is 0 Å². The summed E-state index contributed by atoms with van der Waals surface area (Å²) in [4.78, 5) is 22.0. The largest absolute Gasteiger partial charge is 0.478 e. The fourth-order valence-electron chi connectivity index (χ4n) is 1.06. The Morgan fingerprint density at radius 2 is 1.19 bits per heavy atom. The molecule has 0 bridgehead atoms. The van der Waals surface area contributed by atoms with Crippen molar-refractivity contribution in [3.05, 3.63) is 21.8 Å². The highest BCUT2D eigenvalue weighted by Gasteiger charge is 2.26. The number of hydrogen-bond acceptors (Lipinski definition) is 3. The lowest BCUT2D eigenvalue weighted by Crippen LogP contribution is -2.14. The van der Waals surface area contributed by atoms with Gasteiger partial charge < -0.3 is 15.9 Å². The lowest BCUT2D eigenvalue weighted by Gasteiger charge is -2.12. The Hall–Kier alpha value is 0.150. The number of carbonyl (C=O) groups is 2. The molecule has 0 aliphatic heterocycles. The van der Waals surface area contributed by atoms with Crippen LogP contribution in [-0.2, 0) is 0 Å². The Balaban J connectivity index is 3.80. The van der Waals surface area contributed by atoms with Crippen LogP contribution in [0.25, 0.3) is 0 Å². The van der Waals surface area contributed by atoms with Crippen LogP contribution in [0.1, 0.15) is 20.7 Å². The molecule has 0 heterocycles. The molecule has 0 atom stereocenters. The van der Waals surface area contributed by atoms with Crippen molar-refractivity contribution in [3.63, 3.8) is 0 Å². The van der Waals surface area contributed by atoms with Crippen LogP contribution in [-0.4, -0.2) is 22.2 Å². The smallest absolute Gasteiger partial charge is 0.337 e. The third-order valence-electron chi connectivity index (χ3n) is 1.78. The monoisotopic (exact) mass is 559 g/mol. The molecule has 0 aromatic heterocycles. The Morgan fingerprint density at radius 3 is 1.44 bits per heavy atom. The molecule has 0 aliphatic carbocycles. The average molecular weight is 559 g/mol. The summed E-state index contributed by atoms with van der Waals surface area (Å²) in [5.74, 6) is -2.36. The minimum atomic E-state index is -1.18. The van der Waals surface area contributed by atoms with Crippen molar-refractivity contribution >= 4 is 85.4 Å². The molecular formula is C8H4I3NO4. The fourth-order valence-corrected chi connectivity index (χ4v) is 5.15. The first-order valence-electron chi connectivity index (χ1n) is 3.71. The number of anilines is 1. The minimum absolute atomic E-state index is 0.0588. The molecule has 86 valence electrons. The predicted octanol–water partition coefficient (Wildman–Crippen LogP) is 2.48. The van der Waals surface area contributed by atoms with Gasteiger partial charge in [-0.3, -0.25) is 0 Å². The van der Waals surface area contributed by atoms with Gasteiger partial charge in [-0.1, -0.05) is 0 Å². The molecule has 1 aromatic rings. The van der Waals surface area contributed by atoms with E-state index in [4.69, 9.17) is 15.9 Å². The molecule has 0 radical (unpaired) electrons. The van der Waals surface area contributed by atoms with Gasteiger partial charge in [-0.25, -0.2) is 9.59 Å². The van der Waals surface area contributed by atoms with Crippen LogP contribution >= 0.6 is 67.8 Å². The van der Waals surface area contributed by atoms with Crippen molar-refractivity contribution in [2.75, 3.05) is 5.73 Å². The van der Waals surface area contributed by atoms with Crippen LogP contribution in [0.4, 0.5) is 5.69 Å². The van der Waals surface area contributed by atoms with Crippen molar-refractivity contribution in [3.8, 4) is 0 Å². The Labute approximate surface area is 131 Å². The number of carboxylic acid groups (broad SMARTS) is 2. The first-order valence-corrected chi connectivity index (χ1v) is 6.95. The molecular weight excluding hydrogens is 555 g/mol. The fraction of sp³-hybridized carbons (Fsp3) is 0. The van der Waals surface area contributed by atoms with Crippen LogP contribution in [0, 0.1) is 10.7 Å². The zero-order valence-electron chi connectivity index (χ0n) is 7.42. The topological polar surface area (TPSA) is 101 Å². The second kappa shape index (κ2) is 5.20. The summed E-state index contributed by atoms with van der Waals surface area (Å²) in [6, 6.07) is 0. The predicted molar refractivity (Wildman–Crippen MR) is 82.9 cm³/mol. The maximum absolute atomic E-state index is 11.0. The molecule has 0 saturated carbocycles. The third kappa shape index (κ3) is 2.37. The van der Waals surface area contributed by atoms with E-state index in [-0.39, 0.29) is 20.4 Å². The molecule has 0 spiro atoms. The summed E-state index contributed by atoms with van der Waals surface area (Å²) >= 11 is 5.32. The van der Waals surface area contributed by atoms with Crippen molar-refractivity contribution in [1.29, 1.82) is 0 Å². The van der Waals surface area contributed by atoms with Gasteiger partial charge >= 0.3 is 11.9 Å². The van der Waals surface area contributed by atoms with Gasteiger partial charge in [0.25, 0.3) is 0 Å². The normalized spacial score (nSPS) is 10.2. The number of nitrogen functional groups attached to an aromatic ring is 1. The van der Waals surface area contributed by atoms with Gasteiger partial charge in [0.05, 0.1) is 24.0 Å². The van der Waals surface area contributed by atoms with Crippen LogP contribution in [0.5, 0.6) is 0 Å². The molecule has 0 aliphatic rings. The Kier molecular flexibility index (Phi) is 4.62. The first-order chi connectivity index (χ1) is 7.29. The van der Waals surface area contributed by atoms with Crippen molar-refractivity contribution in [1.82, 2.24) is 0 Å². The first kappa shape index (κ1) is 14.2. The summed E-state index contributed by atoms with van der Waals surface area (Å²) < 4.78 is 0.924. The number of aromatic carboxylic acids is 2. The van der Waals surface area contributed by atoms with Crippen molar-refractivity contribution < 1.29 is 19.8 Å². The molecule has 4 N–H and O–H groups in total. The van der Waals surface area contributed by atoms with Gasteiger partial charge in [0.15, 0.2) is 0 Å². The molecule has 0 amide bonds. The molecule has 5 nitrogen and oxygen atoms in total. The lowest BCUT2D eigenvalue weighted by atomic mass is 10.1. The van der Waals surface area contributed by atoms with Gasteiger partial charge in [0.1, 0.15) is 0 Å².